The second-order valence-electron chi connectivity index (χ2n) is 3.46. The molecule has 0 amide bonds. The number of aromatic nitrogens is 1. The van der Waals surface area contributed by atoms with E-state index in [-0.39, 0.29) is 6.61 Å². The standard InChI is InChI=1S/C9H11ClN2OS/c10-8-7(14)1-2-11-9(8)12-3-6(4-12)5-13/h1-2,6,13H,3-5H2,(H,11,14). The molecule has 0 aliphatic carbocycles. The van der Waals surface area contributed by atoms with Gasteiger partial charge in [-0.1, -0.05) is 23.8 Å². The lowest BCUT2D eigenvalue weighted by atomic mass is 10.0. The Morgan fingerprint density at radius 1 is 1.64 bits per heavy atom. The Kier molecular flexibility index (Phi) is 2.76. The van der Waals surface area contributed by atoms with Gasteiger partial charge in [-0.25, -0.2) is 0 Å². The van der Waals surface area contributed by atoms with Crippen LogP contribution in [-0.4, -0.2) is 29.8 Å². The van der Waals surface area contributed by atoms with Crippen molar-refractivity contribution in [2.75, 3.05) is 24.6 Å². The van der Waals surface area contributed by atoms with Crippen LogP contribution in [-0.2, 0) is 0 Å². The second-order valence-corrected chi connectivity index (χ2v) is 4.28. The van der Waals surface area contributed by atoms with E-state index in [1.54, 1.807) is 12.3 Å². The maximum atomic E-state index is 8.88. The third-order valence-electron chi connectivity index (χ3n) is 2.41. The molecule has 1 aromatic heterocycles. The molecule has 76 valence electrons. The predicted octanol–water partition coefficient (Wildman–Crippen LogP) is 1.83. The molecule has 2 N–H and O–H groups in total. The van der Waals surface area contributed by atoms with Crippen molar-refractivity contribution in [3.05, 3.63) is 21.8 Å². The Bertz CT molecular complexity index is 387. The fraction of sp³-hybridized carbons (Fsp3) is 0.444. The molecule has 3 nitrogen and oxygen atoms in total. The molecule has 5 heteroatoms. The van der Waals surface area contributed by atoms with E-state index < -0.39 is 0 Å². The minimum absolute atomic E-state index is 0.238. The number of nitrogens with zero attached hydrogens (tertiary/aromatic N) is 1. The molecule has 1 aromatic rings. The molecule has 0 saturated carbocycles. The summed E-state index contributed by atoms with van der Waals surface area (Å²) in [5.41, 5.74) is 0. The summed E-state index contributed by atoms with van der Waals surface area (Å²) >= 11 is 11.1. The zero-order chi connectivity index (χ0) is 10.1. The quantitative estimate of drug-likeness (QED) is 0.762. The lowest BCUT2D eigenvalue weighted by Gasteiger charge is -2.39. The first-order chi connectivity index (χ1) is 6.72. The first kappa shape index (κ1) is 9.96. The van der Waals surface area contributed by atoms with E-state index in [4.69, 9.17) is 28.9 Å². The average molecular weight is 231 g/mol. The fourth-order valence-corrected chi connectivity index (χ4v) is 1.95. The number of aromatic amines is 1. The molecule has 0 atom stereocenters. The first-order valence-corrected chi connectivity index (χ1v) is 5.24. The largest absolute Gasteiger partial charge is 0.396 e. The van der Waals surface area contributed by atoms with E-state index in [9.17, 15) is 0 Å². The van der Waals surface area contributed by atoms with Crippen LogP contribution in [0.2, 0.25) is 5.02 Å². The SMILES string of the molecule is OCC1CN(c2[nH]ccc(=S)c2Cl)C1. The van der Waals surface area contributed by atoms with Crippen molar-refractivity contribution in [3.63, 3.8) is 0 Å². The van der Waals surface area contributed by atoms with E-state index in [1.165, 1.54) is 0 Å². The number of hydrogen-bond acceptors (Lipinski definition) is 3. The van der Waals surface area contributed by atoms with Crippen LogP contribution in [0.25, 0.3) is 0 Å². The molecule has 2 heterocycles. The molecule has 14 heavy (non-hydrogen) atoms. The third-order valence-corrected chi connectivity index (χ3v) is 3.25. The van der Waals surface area contributed by atoms with Gasteiger partial charge in [0, 0.05) is 31.8 Å². The Hall–Kier alpha value is -0.580. The van der Waals surface area contributed by atoms with Gasteiger partial charge < -0.3 is 15.0 Å². The number of anilines is 1. The van der Waals surface area contributed by atoms with Crippen LogP contribution in [0.3, 0.4) is 0 Å². The molecule has 0 unspecified atom stereocenters. The zero-order valence-electron chi connectivity index (χ0n) is 7.53. The minimum Gasteiger partial charge on any atom is -0.396 e. The van der Waals surface area contributed by atoms with Crippen molar-refractivity contribution in [1.82, 2.24) is 4.98 Å². The molecule has 2 rings (SSSR count). The van der Waals surface area contributed by atoms with Crippen molar-refractivity contribution in [2.24, 2.45) is 5.92 Å². The van der Waals surface area contributed by atoms with Crippen LogP contribution < -0.4 is 4.90 Å². The normalized spacial score (nSPS) is 16.9. The molecule has 0 aromatic carbocycles. The number of hydrogen-bond donors (Lipinski definition) is 2. The summed E-state index contributed by atoms with van der Waals surface area (Å²) in [5, 5.41) is 9.48. The van der Waals surface area contributed by atoms with Gasteiger partial charge in [-0.3, -0.25) is 0 Å². The molecule has 1 aliphatic rings. The first-order valence-electron chi connectivity index (χ1n) is 4.45. The van der Waals surface area contributed by atoms with Gasteiger partial charge in [0.1, 0.15) is 5.82 Å². The summed E-state index contributed by atoms with van der Waals surface area (Å²) in [6.07, 6.45) is 1.79. The van der Waals surface area contributed by atoms with Crippen LogP contribution >= 0.6 is 23.8 Å². The predicted molar refractivity (Wildman–Crippen MR) is 59.4 cm³/mol. The molecule has 1 fully saturated rings. The maximum absolute atomic E-state index is 8.88. The lowest BCUT2D eigenvalue weighted by molar-refractivity contribution is 0.200. The number of nitrogens with one attached hydrogen (secondary N) is 1. The third kappa shape index (κ3) is 1.65. The zero-order valence-corrected chi connectivity index (χ0v) is 9.11. The fourth-order valence-electron chi connectivity index (χ4n) is 1.55. The highest BCUT2D eigenvalue weighted by atomic mass is 35.5. The van der Waals surface area contributed by atoms with E-state index >= 15 is 0 Å². The number of aliphatic hydroxyl groups excluding tert-OH is 1. The molecule has 0 radical (unpaired) electrons. The summed E-state index contributed by atoms with van der Waals surface area (Å²) in [6, 6.07) is 1.77. The molecule has 1 saturated heterocycles. The Labute approximate surface area is 92.3 Å². The van der Waals surface area contributed by atoms with Crippen molar-refractivity contribution >= 4 is 29.6 Å². The lowest BCUT2D eigenvalue weighted by Crippen LogP contribution is -2.48. The van der Waals surface area contributed by atoms with Crippen molar-refractivity contribution in [3.8, 4) is 0 Å². The van der Waals surface area contributed by atoms with Crippen molar-refractivity contribution in [1.29, 1.82) is 0 Å². The van der Waals surface area contributed by atoms with Gasteiger partial charge in [0.2, 0.25) is 0 Å². The van der Waals surface area contributed by atoms with Crippen LogP contribution in [0.1, 0.15) is 0 Å². The molecule has 0 bridgehead atoms. The highest BCUT2D eigenvalue weighted by Crippen LogP contribution is 2.29. The average Bonchev–Trinajstić information content (AvgIpc) is 2.10. The van der Waals surface area contributed by atoms with Crippen LogP contribution in [0, 0.1) is 10.4 Å². The summed E-state index contributed by atoms with van der Waals surface area (Å²) in [6.45, 7) is 1.92. The highest BCUT2D eigenvalue weighted by Gasteiger charge is 2.27. The van der Waals surface area contributed by atoms with E-state index in [2.05, 4.69) is 9.88 Å². The summed E-state index contributed by atoms with van der Waals surface area (Å²) in [4.78, 5) is 5.15. The van der Waals surface area contributed by atoms with Crippen LogP contribution in [0.4, 0.5) is 5.82 Å². The van der Waals surface area contributed by atoms with Crippen molar-refractivity contribution in [2.45, 2.75) is 0 Å². The molecule has 0 spiro atoms. The Morgan fingerprint density at radius 2 is 2.36 bits per heavy atom. The number of pyridine rings is 1. The van der Waals surface area contributed by atoms with Crippen LogP contribution in [0.15, 0.2) is 12.3 Å². The van der Waals surface area contributed by atoms with Gasteiger partial charge in [-0.05, 0) is 6.07 Å². The molecular formula is C9H11ClN2OS. The molecule has 1 aliphatic heterocycles. The summed E-state index contributed by atoms with van der Waals surface area (Å²) in [5.74, 6) is 1.23. The van der Waals surface area contributed by atoms with E-state index in [1.807, 2.05) is 0 Å². The topological polar surface area (TPSA) is 39.3 Å². The summed E-state index contributed by atoms with van der Waals surface area (Å²) < 4.78 is 0.660. The number of halogens is 1. The van der Waals surface area contributed by atoms with Gasteiger partial charge in [0.25, 0.3) is 0 Å². The summed E-state index contributed by atoms with van der Waals surface area (Å²) in [7, 11) is 0. The second kappa shape index (κ2) is 3.88. The highest BCUT2D eigenvalue weighted by molar-refractivity contribution is 7.71. The Morgan fingerprint density at radius 3 is 3.00 bits per heavy atom. The number of H-pyrrole nitrogens is 1. The Balaban J connectivity index is 2.19. The molecular weight excluding hydrogens is 220 g/mol. The maximum Gasteiger partial charge on any atom is 0.126 e. The number of rotatable bonds is 2. The number of aliphatic hydroxyl groups is 1. The van der Waals surface area contributed by atoms with Crippen molar-refractivity contribution < 1.29 is 5.11 Å². The van der Waals surface area contributed by atoms with Gasteiger partial charge in [0.15, 0.2) is 0 Å². The van der Waals surface area contributed by atoms with Gasteiger partial charge >= 0.3 is 0 Å². The van der Waals surface area contributed by atoms with Gasteiger partial charge in [-0.15, -0.1) is 0 Å². The van der Waals surface area contributed by atoms with E-state index in [0.717, 1.165) is 18.9 Å². The monoisotopic (exact) mass is 230 g/mol. The van der Waals surface area contributed by atoms with E-state index in [0.29, 0.717) is 15.5 Å². The van der Waals surface area contributed by atoms with Gasteiger partial charge in [0.05, 0.1) is 9.53 Å². The minimum atomic E-state index is 0.238. The van der Waals surface area contributed by atoms with Crippen LogP contribution in [0.5, 0.6) is 0 Å². The van der Waals surface area contributed by atoms with Gasteiger partial charge in [-0.2, -0.15) is 0 Å². The smallest absolute Gasteiger partial charge is 0.126 e.